The quantitative estimate of drug-likeness (QED) is 0.922. The number of nitrogens with one attached hydrogen (secondary N) is 1. The molecule has 0 saturated carbocycles. The summed E-state index contributed by atoms with van der Waals surface area (Å²) >= 11 is 7.39. The molecule has 1 aromatic heterocycles. The third-order valence-corrected chi connectivity index (χ3v) is 3.92. The Bertz CT molecular complexity index is 319. The van der Waals surface area contributed by atoms with Gasteiger partial charge in [-0.2, -0.15) is 0 Å². The number of aromatic nitrogens is 1. The van der Waals surface area contributed by atoms with E-state index in [1.165, 1.54) is 24.3 Å². The summed E-state index contributed by atoms with van der Waals surface area (Å²) in [5.41, 5.74) is 0. The van der Waals surface area contributed by atoms with Crippen molar-refractivity contribution in [3.63, 3.8) is 0 Å². The summed E-state index contributed by atoms with van der Waals surface area (Å²) < 4.78 is 0.646. The van der Waals surface area contributed by atoms with Gasteiger partial charge in [-0.05, 0) is 26.4 Å². The molecule has 92 valence electrons. The molecule has 0 radical (unpaired) electrons. The average Bonchev–Trinajstić information content (AvgIpc) is 2.64. The highest BCUT2D eigenvalue weighted by Gasteiger charge is 2.18. The van der Waals surface area contributed by atoms with Crippen molar-refractivity contribution in [2.75, 3.05) is 20.1 Å². The van der Waals surface area contributed by atoms with E-state index in [9.17, 15) is 0 Å². The predicted octanol–water partition coefficient (Wildman–Crippen LogP) is 2.40. The third-order valence-electron chi connectivity index (χ3n) is 2.82. The van der Waals surface area contributed by atoms with Gasteiger partial charge in [-0.25, -0.2) is 4.98 Å². The van der Waals surface area contributed by atoms with Crippen LogP contribution in [0.3, 0.4) is 0 Å². The van der Waals surface area contributed by atoms with Crippen LogP contribution < -0.4 is 5.32 Å². The van der Waals surface area contributed by atoms with Crippen molar-refractivity contribution in [2.24, 2.45) is 0 Å². The highest BCUT2D eigenvalue weighted by Crippen LogP contribution is 2.21. The standard InChI is InChI=1S/C10H16ClN3S.ClH/c1-12-8-3-2-4-14(6-8)7-9-5-13-10(11)15-9;/h5,8,12H,2-4,6-7H2,1H3;1H. The zero-order valence-electron chi connectivity index (χ0n) is 9.28. The number of hydrogen-bond acceptors (Lipinski definition) is 4. The van der Waals surface area contributed by atoms with Crippen LogP contribution in [0.2, 0.25) is 4.47 Å². The lowest BCUT2D eigenvalue weighted by Gasteiger charge is -2.31. The number of likely N-dealkylation sites (N-methyl/N-ethyl adjacent to an activating group) is 1. The van der Waals surface area contributed by atoms with Crippen LogP contribution in [0.1, 0.15) is 17.7 Å². The van der Waals surface area contributed by atoms with Crippen molar-refractivity contribution in [1.82, 2.24) is 15.2 Å². The fourth-order valence-corrected chi connectivity index (χ4v) is 3.03. The molecule has 0 bridgehead atoms. The SMILES string of the molecule is CNC1CCCN(Cc2cnc(Cl)s2)C1.Cl. The maximum absolute atomic E-state index is 5.81. The Morgan fingerprint density at radius 3 is 3.12 bits per heavy atom. The minimum Gasteiger partial charge on any atom is -0.316 e. The van der Waals surface area contributed by atoms with Gasteiger partial charge in [0.1, 0.15) is 0 Å². The van der Waals surface area contributed by atoms with E-state index in [2.05, 4.69) is 15.2 Å². The Labute approximate surface area is 112 Å². The van der Waals surface area contributed by atoms with Crippen molar-refractivity contribution in [3.8, 4) is 0 Å². The van der Waals surface area contributed by atoms with Gasteiger partial charge in [-0.15, -0.1) is 23.7 Å². The van der Waals surface area contributed by atoms with E-state index in [4.69, 9.17) is 11.6 Å². The second kappa shape index (κ2) is 6.77. The maximum atomic E-state index is 5.81. The van der Waals surface area contributed by atoms with Crippen LogP contribution in [0.15, 0.2) is 6.20 Å². The molecule has 1 N–H and O–H groups in total. The second-order valence-electron chi connectivity index (χ2n) is 3.94. The summed E-state index contributed by atoms with van der Waals surface area (Å²) in [6, 6.07) is 0.641. The lowest BCUT2D eigenvalue weighted by Crippen LogP contribution is -2.43. The van der Waals surface area contributed by atoms with Gasteiger partial charge in [-0.3, -0.25) is 4.90 Å². The predicted molar refractivity (Wildman–Crippen MR) is 71.7 cm³/mol. The van der Waals surface area contributed by atoms with Crippen LogP contribution in [-0.2, 0) is 6.54 Å². The fraction of sp³-hybridized carbons (Fsp3) is 0.700. The van der Waals surface area contributed by atoms with Crippen LogP contribution in [0.5, 0.6) is 0 Å². The molecule has 0 aromatic carbocycles. The van der Waals surface area contributed by atoms with E-state index in [0.29, 0.717) is 10.5 Å². The molecule has 0 amide bonds. The second-order valence-corrected chi connectivity index (χ2v) is 5.64. The lowest BCUT2D eigenvalue weighted by molar-refractivity contribution is 0.189. The van der Waals surface area contributed by atoms with Gasteiger partial charge in [0.2, 0.25) is 0 Å². The molecule has 1 saturated heterocycles. The molecule has 16 heavy (non-hydrogen) atoms. The van der Waals surface area contributed by atoms with E-state index in [1.807, 2.05) is 13.2 Å². The lowest BCUT2D eigenvalue weighted by atomic mass is 10.1. The van der Waals surface area contributed by atoms with Crippen LogP contribution in [-0.4, -0.2) is 36.1 Å². The number of piperidine rings is 1. The average molecular weight is 282 g/mol. The van der Waals surface area contributed by atoms with Crippen molar-refractivity contribution >= 4 is 35.3 Å². The molecule has 6 heteroatoms. The first-order valence-electron chi connectivity index (χ1n) is 5.28. The largest absolute Gasteiger partial charge is 0.316 e. The van der Waals surface area contributed by atoms with Gasteiger partial charge in [-0.1, -0.05) is 11.6 Å². The van der Waals surface area contributed by atoms with Crippen molar-refractivity contribution in [2.45, 2.75) is 25.4 Å². The van der Waals surface area contributed by atoms with Gasteiger partial charge in [0, 0.05) is 30.2 Å². The van der Waals surface area contributed by atoms with Crippen LogP contribution >= 0.6 is 35.3 Å². The minimum absolute atomic E-state index is 0. The third kappa shape index (κ3) is 3.86. The fourth-order valence-electron chi connectivity index (χ4n) is 2.01. The van der Waals surface area contributed by atoms with Crippen LogP contribution in [0.25, 0.3) is 0 Å². The molecule has 1 unspecified atom stereocenters. The normalized spacial score (nSPS) is 21.8. The molecule has 2 rings (SSSR count). The number of thiazole rings is 1. The molecular formula is C10H17Cl2N3S. The highest BCUT2D eigenvalue weighted by molar-refractivity contribution is 7.15. The van der Waals surface area contributed by atoms with Gasteiger partial charge in [0.05, 0.1) is 0 Å². The molecule has 1 aliphatic heterocycles. The Morgan fingerprint density at radius 1 is 1.69 bits per heavy atom. The molecule has 2 heterocycles. The first-order chi connectivity index (χ1) is 7.28. The summed E-state index contributed by atoms with van der Waals surface area (Å²) in [7, 11) is 2.04. The number of hydrogen-bond donors (Lipinski definition) is 1. The number of rotatable bonds is 3. The number of likely N-dealkylation sites (tertiary alicyclic amines) is 1. The topological polar surface area (TPSA) is 28.2 Å². The zero-order valence-corrected chi connectivity index (χ0v) is 11.7. The van der Waals surface area contributed by atoms with E-state index in [1.54, 1.807) is 11.3 Å². The number of halogens is 2. The van der Waals surface area contributed by atoms with Gasteiger partial charge in [0.15, 0.2) is 4.47 Å². The molecule has 1 aromatic rings. The number of nitrogens with zero attached hydrogens (tertiary/aromatic N) is 2. The first-order valence-corrected chi connectivity index (χ1v) is 6.47. The zero-order chi connectivity index (χ0) is 10.7. The Morgan fingerprint density at radius 2 is 2.50 bits per heavy atom. The molecule has 3 nitrogen and oxygen atoms in total. The monoisotopic (exact) mass is 281 g/mol. The van der Waals surface area contributed by atoms with Crippen molar-refractivity contribution in [3.05, 3.63) is 15.5 Å². The summed E-state index contributed by atoms with van der Waals surface area (Å²) in [5, 5.41) is 3.34. The van der Waals surface area contributed by atoms with Crippen molar-refractivity contribution in [1.29, 1.82) is 0 Å². The molecule has 1 fully saturated rings. The Hall–Kier alpha value is 0.130. The van der Waals surface area contributed by atoms with Gasteiger partial charge in [0.25, 0.3) is 0 Å². The molecule has 0 aliphatic carbocycles. The first kappa shape index (κ1) is 14.2. The van der Waals surface area contributed by atoms with E-state index < -0.39 is 0 Å². The van der Waals surface area contributed by atoms with Crippen LogP contribution in [0.4, 0.5) is 0 Å². The maximum Gasteiger partial charge on any atom is 0.183 e. The molecular weight excluding hydrogens is 265 g/mol. The van der Waals surface area contributed by atoms with E-state index >= 15 is 0 Å². The molecule has 0 spiro atoms. The Balaban J connectivity index is 0.00000128. The van der Waals surface area contributed by atoms with E-state index in [0.717, 1.165) is 13.1 Å². The van der Waals surface area contributed by atoms with Gasteiger partial charge >= 0.3 is 0 Å². The smallest absolute Gasteiger partial charge is 0.183 e. The highest BCUT2D eigenvalue weighted by atomic mass is 35.5. The molecule has 1 atom stereocenters. The van der Waals surface area contributed by atoms with Gasteiger partial charge < -0.3 is 5.32 Å². The molecule has 1 aliphatic rings. The summed E-state index contributed by atoms with van der Waals surface area (Å²) in [4.78, 5) is 7.79. The van der Waals surface area contributed by atoms with E-state index in [-0.39, 0.29) is 12.4 Å². The van der Waals surface area contributed by atoms with Crippen molar-refractivity contribution < 1.29 is 0 Å². The minimum atomic E-state index is 0. The summed E-state index contributed by atoms with van der Waals surface area (Å²) in [6.07, 6.45) is 4.45. The van der Waals surface area contributed by atoms with Crippen LogP contribution in [0, 0.1) is 0 Å². The summed E-state index contributed by atoms with van der Waals surface area (Å²) in [6.45, 7) is 3.31. The Kier molecular flexibility index (Phi) is 6.00. The summed E-state index contributed by atoms with van der Waals surface area (Å²) in [5.74, 6) is 0.